The molecule has 0 aliphatic rings. The van der Waals surface area contributed by atoms with E-state index in [1.54, 1.807) is 26.9 Å². The molecule has 0 saturated carbocycles. The normalized spacial score (nSPS) is 11.5. The topological polar surface area (TPSA) is 48.5 Å². The summed E-state index contributed by atoms with van der Waals surface area (Å²) in [6.45, 7) is 4.19. The number of hydrogen-bond acceptors (Lipinski definition) is 4. The molecule has 3 aromatic heterocycles. The zero-order valence-electron chi connectivity index (χ0n) is 13.8. The first-order valence-electron chi connectivity index (χ1n) is 7.53. The van der Waals surface area contributed by atoms with Gasteiger partial charge in [-0.05, 0) is 31.0 Å². The van der Waals surface area contributed by atoms with Crippen molar-refractivity contribution in [2.45, 2.75) is 13.8 Å². The molecule has 122 valence electrons. The van der Waals surface area contributed by atoms with Crippen LogP contribution < -0.4 is 0 Å². The molecule has 0 saturated heterocycles. The summed E-state index contributed by atoms with van der Waals surface area (Å²) in [5.74, 6) is 1.43. The van der Waals surface area contributed by atoms with Crippen LogP contribution in [0.1, 0.15) is 11.1 Å². The molecule has 24 heavy (non-hydrogen) atoms. The number of aromatic nitrogens is 5. The lowest BCUT2D eigenvalue weighted by Gasteiger charge is -1.99. The van der Waals surface area contributed by atoms with E-state index in [9.17, 15) is 0 Å². The van der Waals surface area contributed by atoms with Gasteiger partial charge in [-0.15, -0.1) is 11.3 Å². The van der Waals surface area contributed by atoms with Crippen molar-refractivity contribution in [1.82, 2.24) is 24.5 Å². The van der Waals surface area contributed by atoms with Crippen molar-refractivity contribution in [3.05, 3.63) is 40.7 Å². The van der Waals surface area contributed by atoms with Gasteiger partial charge in [0, 0.05) is 30.4 Å². The lowest BCUT2D eigenvalue weighted by molar-refractivity contribution is 0.767. The van der Waals surface area contributed by atoms with E-state index in [1.165, 1.54) is 15.8 Å². The van der Waals surface area contributed by atoms with E-state index >= 15 is 0 Å². The molecule has 7 heteroatoms. The van der Waals surface area contributed by atoms with Crippen molar-refractivity contribution in [3.63, 3.8) is 0 Å². The van der Waals surface area contributed by atoms with Crippen LogP contribution in [-0.2, 0) is 14.1 Å². The maximum atomic E-state index is 6.69. The summed E-state index contributed by atoms with van der Waals surface area (Å²) in [6, 6.07) is 4.32. The molecule has 1 aromatic carbocycles. The number of rotatable bonds is 2. The molecule has 3 heterocycles. The minimum atomic E-state index is 0.655. The van der Waals surface area contributed by atoms with Gasteiger partial charge >= 0.3 is 0 Å². The molecule has 0 unspecified atom stereocenters. The molecule has 0 fully saturated rings. The SMILES string of the molecule is Cc1cc(C)c2c(Cl)c(-c3nc(-c4cnn(C)c4)nn3C)sc2c1. The molecule has 0 N–H and O–H groups in total. The Kier molecular flexibility index (Phi) is 3.47. The molecule has 0 aliphatic carbocycles. The molecule has 0 bridgehead atoms. The van der Waals surface area contributed by atoms with Crippen LogP contribution in [0.3, 0.4) is 0 Å². The van der Waals surface area contributed by atoms with Gasteiger partial charge < -0.3 is 0 Å². The molecule has 0 radical (unpaired) electrons. The molecular weight excluding hydrogens is 342 g/mol. The maximum Gasteiger partial charge on any atom is 0.184 e. The number of aryl methyl sites for hydroxylation is 4. The fourth-order valence-electron chi connectivity index (χ4n) is 2.94. The largest absolute Gasteiger partial charge is 0.275 e. The lowest BCUT2D eigenvalue weighted by Crippen LogP contribution is -1.93. The number of nitrogens with zero attached hydrogens (tertiary/aromatic N) is 5. The molecule has 0 atom stereocenters. The zero-order valence-corrected chi connectivity index (χ0v) is 15.4. The van der Waals surface area contributed by atoms with Crippen molar-refractivity contribution in [3.8, 4) is 22.1 Å². The van der Waals surface area contributed by atoms with Crippen LogP contribution >= 0.6 is 22.9 Å². The molecular formula is C17H16ClN5S. The Labute approximate surface area is 148 Å². The second-order valence-corrected chi connectivity index (χ2v) is 7.42. The Morgan fingerprint density at radius 2 is 1.96 bits per heavy atom. The van der Waals surface area contributed by atoms with Crippen molar-refractivity contribution in [1.29, 1.82) is 0 Å². The van der Waals surface area contributed by atoms with Gasteiger partial charge in [0.2, 0.25) is 0 Å². The number of benzene rings is 1. The average Bonchev–Trinajstić information content (AvgIpc) is 3.17. The van der Waals surface area contributed by atoms with Crippen molar-refractivity contribution < 1.29 is 0 Å². The monoisotopic (exact) mass is 357 g/mol. The summed E-state index contributed by atoms with van der Waals surface area (Å²) >= 11 is 8.35. The summed E-state index contributed by atoms with van der Waals surface area (Å²) in [6.07, 6.45) is 3.66. The van der Waals surface area contributed by atoms with Crippen LogP contribution in [-0.4, -0.2) is 24.5 Å². The number of hydrogen-bond donors (Lipinski definition) is 0. The molecule has 4 aromatic rings. The third-order valence-corrected chi connectivity index (χ3v) is 5.63. The Balaban J connectivity index is 1.91. The summed E-state index contributed by atoms with van der Waals surface area (Å²) < 4.78 is 4.70. The molecule has 0 aliphatic heterocycles. The highest BCUT2D eigenvalue weighted by Crippen LogP contribution is 2.43. The molecule has 4 rings (SSSR count). The van der Waals surface area contributed by atoms with Gasteiger partial charge in [0.15, 0.2) is 11.6 Å². The van der Waals surface area contributed by atoms with E-state index in [4.69, 9.17) is 16.6 Å². The van der Waals surface area contributed by atoms with E-state index in [0.717, 1.165) is 26.7 Å². The van der Waals surface area contributed by atoms with Crippen LogP contribution in [0.4, 0.5) is 0 Å². The van der Waals surface area contributed by atoms with Gasteiger partial charge in [-0.25, -0.2) is 9.67 Å². The maximum absolute atomic E-state index is 6.69. The Hall–Kier alpha value is -2.18. The van der Waals surface area contributed by atoms with Crippen molar-refractivity contribution >= 4 is 33.0 Å². The number of thiophene rings is 1. The first kappa shape index (κ1) is 15.4. The minimum Gasteiger partial charge on any atom is -0.275 e. The van der Waals surface area contributed by atoms with Crippen LogP contribution in [0.2, 0.25) is 5.02 Å². The van der Waals surface area contributed by atoms with Crippen LogP contribution in [0.25, 0.3) is 32.2 Å². The second kappa shape index (κ2) is 5.43. The van der Waals surface area contributed by atoms with Gasteiger partial charge in [0.1, 0.15) is 0 Å². The van der Waals surface area contributed by atoms with Crippen LogP contribution in [0, 0.1) is 13.8 Å². The van der Waals surface area contributed by atoms with E-state index < -0.39 is 0 Å². The third kappa shape index (κ3) is 2.34. The van der Waals surface area contributed by atoms with Crippen molar-refractivity contribution in [2.75, 3.05) is 0 Å². The minimum absolute atomic E-state index is 0.655. The van der Waals surface area contributed by atoms with E-state index in [1.807, 2.05) is 20.3 Å². The molecule has 5 nitrogen and oxygen atoms in total. The second-order valence-electron chi connectivity index (χ2n) is 5.99. The highest BCUT2D eigenvalue weighted by molar-refractivity contribution is 7.23. The highest BCUT2D eigenvalue weighted by Gasteiger charge is 2.20. The third-order valence-electron chi connectivity index (χ3n) is 4.00. The van der Waals surface area contributed by atoms with Gasteiger partial charge in [0.05, 0.1) is 21.7 Å². The summed E-state index contributed by atoms with van der Waals surface area (Å²) in [7, 11) is 3.77. The highest BCUT2D eigenvalue weighted by atomic mass is 35.5. The first-order chi connectivity index (χ1) is 11.4. The summed E-state index contributed by atoms with van der Waals surface area (Å²) in [4.78, 5) is 5.65. The predicted molar refractivity (Wildman–Crippen MR) is 98.5 cm³/mol. The molecule has 0 amide bonds. The molecule has 0 spiro atoms. The van der Waals surface area contributed by atoms with Gasteiger partial charge in [0.25, 0.3) is 0 Å². The fraction of sp³-hybridized carbons (Fsp3) is 0.235. The quantitative estimate of drug-likeness (QED) is 0.535. The lowest BCUT2D eigenvalue weighted by atomic mass is 10.1. The summed E-state index contributed by atoms with van der Waals surface area (Å²) in [5, 5.41) is 10.6. The van der Waals surface area contributed by atoms with E-state index in [0.29, 0.717) is 5.82 Å². The number of halogens is 1. The van der Waals surface area contributed by atoms with E-state index in [-0.39, 0.29) is 0 Å². The zero-order chi connectivity index (χ0) is 17.0. The predicted octanol–water partition coefficient (Wildman–Crippen LogP) is 4.37. The first-order valence-corrected chi connectivity index (χ1v) is 8.73. The van der Waals surface area contributed by atoms with E-state index in [2.05, 4.69) is 36.2 Å². The van der Waals surface area contributed by atoms with Gasteiger partial charge in [-0.2, -0.15) is 10.2 Å². The average molecular weight is 358 g/mol. The Morgan fingerprint density at radius 1 is 1.17 bits per heavy atom. The Morgan fingerprint density at radius 3 is 2.67 bits per heavy atom. The van der Waals surface area contributed by atoms with Gasteiger partial charge in [-0.1, -0.05) is 17.7 Å². The Bertz CT molecular complexity index is 1070. The fourth-order valence-corrected chi connectivity index (χ4v) is 4.74. The van der Waals surface area contributed by atoms with Crippen LogP contribution in [0.15, 0.2) is 24.5 Å². The standard InChI is InChI=1S/C17H16ClN5S/c1-9-5-10(2)13-12(6-9)24-15(14(13)18)17-20-16(21-23(17)4)11-7-19-22(3)8-11/h5-8H,1-4H3. The van der Waals surface area contributed by atoms with Crippen LogP contribution in [0.5, 0.6) is 0 Å². The van der Waals surface area contributed by atoms with Gasteiger partial charge in [-0.3, -0.25) is 4.68 Å². The summed E-state index contributed by atoms with van der Waals surface area (Å²) in [5.41, 5.74) is 3.31. The number of fused-ring (bicyclic) bond motifs is 1. The smallest absolute Gasteiger partial charge is 0.184 e. The van der Waals surface area contributed by atoms with Crippen molar-refractivity contribution in [2.24, 2.45) is 14.1 Å².